The molecule has 0 unspecified atom stereocenters. The molecular formula is C10H14ClN3OS. The number of nitriles is 1. The highest BCUT2D eigenvalue weighted by Crippen LogP contribution is 2.30. The number of aromatic nitrogens is 1. The number of anilines is 1. The van der Waals surface area contributed by atoms with Gasteiger partial charge in [0.15, 0.2) is 5.13 Å². The molecule has 0 fully saturated rings. The molecule has 0 aliphatic heterocycles. The lowest BCUT2D eigenvalue weighted by atomic mass is 10.3. The normalized spacial score (nSPS) is 10.5. The summed E-state index contributed by atoms with van der Waals surface area (Å²) in [7, 11) is 0. The van der Waals surface area contributed by atoms with Crippen molar-refractivity contribution in [3.63, 3.8) is 0 Å². The average molecular weight is 260 g/mol. The molecule has 1 N–H and O–H groups in total. The quantitative estimate of drug-likeness (QED) is 0.882. The Morgan fingerprint density at radius 2 is 2.31 bits per heavy atom. The monoisotopic (exact) mass is 259 g/mol. The third-order valence-electron chi connectivity index (χ3n) is 2.12. The Morgan fingerprint density at radius 3 is 2.75 bits per heavy atom. The van der Waals surface area contributed by atoms with Crippen LogP contribution in [-0.4, -0.2) is 22.7 Å². The van der Waals surface area contributed by atoms with E-state index in [1.165, 1.54) is 11.3 Å². The van der Waals surface area contributed by atoms with Crippen molar-refractivity contribution < 1.29 is 5.11 Å². The number of thiazole rings is 1. The zero-order valence-corrected chi connectivity index (χ0v) is 10.8. The summed E-state index contributed by atoms with van der Waals surface area (Å²) < 4.78 is 0. The summed E-state index contributed by atoms with van der Waals surface area (Å²) in [5, 5.41) is 18.7. The van der Waals surface area contributed by atoms with Crippen molar-refractivity contribution in [2.75, 3.05) is 11.4 Å². The molecule has 0 amide bonds. The molecule has 6 heteroatoms. The minimum absolute atomic E-state index is 0.0965. The summed E-state index contributed by atoms with van der Waals surface area (Å²) in [6, 6.07) is 2.36. The van der Waals surface area contributed by atoms with Gasteiger partial charge in [0.25, 0.3) is 0 Å². The predicted molar refractivity (Wildman–Crippen MR) is 65.8 cm³/mol. The number of hydrogen-bond acceptors (Lipinski definition) is 5. The summed E-state index contributed by atoms with van der Waals surface area (Å²) in [5.74, 6) is 0. The van der Waals surface area contributed by atoms with Crippen molar-refractivity contribution in [2.24, 2.45) is 0 Å². The second-order valence-corrected chi connectivity index (χ2v) is 4.98. The van der Waals surface area contributed by atoms with Crippen LogP contribution in [0.3, 0.4) is 0 Å². The van der Waals surface area contributed by atoms with E-state index in [4.69, 9.17) is 22.0 Å². The van der Waals surface area contributed by atoms with Crippen molar-refractivity contribution in [2.45, 2.75) is 32.9 Å². The minimum atomic E-state index is -0.0965. The van der Waals surface area contributed by atoms with Gasteiger partial charge in [-0.1, -0.05) is 22.9 Å². The molecular weight excluding hydrogens is 246 g/mol. The molecule has 0 radical (unpaired) electrons. The SMILES string of the molecule is CC(C)N(CCC#N)c1nc(Cl)c(CO)s1. The van der Waals surface area contributed by atoms with Crippen LogP contribution in [0.25, 0.3) is 0 Å². The summed E-state index contributed by atoms with van der Waals surface area (Å²) in [6.45, 7) is 4.60. The molecule has 0 saturated heterocycles. The van der Waals surface area contributed by atoms with Crippen LogP contribution in [0, 0.1) is 11.3 Å². The Bertz CT molecular complexity index is 386. The van der Waals surface area contributed by atoms with Gasteiger partial charge in [0.1, 0.15) is 5.15 Å². The zero-order chi connectivity index (χ0) is 12.1. The van der Waals surface area contributed by atoms with Crippen molar-refractivity contribution >= 4 is 28.1 Å². The van der Waals surface area contributed by atoms with Gasteiger partial charge in [0.05, 0.1) is 24.0 Å². The highest BCUT2D eigenvalue weighted by atomic mass is 35.5. The Hall–Kier alpha value is -0.830. The molecule has 88 valence electrons. The molecule has 0 aliphatic carbocycles. The van der Waals surface area contributed by atoms with Crippen molar-refractivity contribution in [1.29, 1.82) is 5.26 Å². The van der Waals surface area contributed by atoms with Crippen molar-refractivity contribution in [3.8, 4) is 6.07 Å². The van der Waals surface area contributed by atoms with Gasteiger partial charge in [-0.2, -0.15) is 5.26 Å². The third-order valence-corrected chi connectivity index (χ3v) is 3.62. The van der Waals surface area contributed by atoms with Gasteiger partial charge in [-0.15, -0.1) is 0 Å². The maximum Gasteiger partial charge on any atom is 0.187 e. The third kappa shape index (κ3) is 3.08. The molecule has 0 aromatic carbocycles. The molecule has 0 bridgehead atoms. The molecule has 1 aromatic rings. The molecule has 0 aliphatic rings. The highest BCUT2D eigenvalue weighted by Gasteiger charge is 2.16. The van der Waals surface area contributed by atoms with Gasteiger partial charge in [0.2, 0.25) is 0 Å². The fraction of sp³-hybridized carbons (Fsp3) is 0.600. The maximum absolute atomic E-state index is 9.04. The fourth-order valence-corrected chi connectivity index (χ4v) is 2.56. The number of rotatable bonds is 5. The van der Waals surface area contributed by atoms with Crippen LogP contribution in [0.5, 0.6) is 0 Å². The summed E-state index contributed by atoms with van der Waals surface area (Å²) in [4.78, 5) is 6.88. The Balaban J connectivity index is 2.88. The van der Waals surface area contributed by atoms with Crippen LogP contribution >= 0.6 is 22.9 Å². The van der Waals surface area contributed by atoms with Gasteiger partial charge < -0.3 is 10.0 Å². The smallest absolute Gasteiger partial charge is 0.187 e. The molecule has 0 saturated carbocycles. The Kier molecular flexibility index (Phi) is 5.00. The van der Waals surface area contributed by atoms with Gasteiger partial charge in [-0.25, -0.2) is 4.98 Å². The molecule has 16 heavy (non-hydrogen) atoms. The van der Waals surface area contributed by atoms with Crippen LogP contribution in [0.1, 0.15) is 25.1 Å². The largest absolute Gasteiger partial charge is 0.391 e. The van der Waals surface area contributed by atoms with E-state index in [-0.39, 0.29) is 12.6 Å². The van der Waals surface area contributed by atoms with Crippen LogP contribution in [0.4, 0.5) is 5.13 Å². The van der Waals surface area contributed by atoms with Gasteiger partial charge in [-0.05, 0) is 13.8 Å². The van der Waals surface area contributed by atoms with Gasteiger partial charge in [0, 0.05) is 12.6 Å². The zero-order valence-electron chi connectivity index (χ0n) is 9.27. The van der Waals surface area contributed by atoms with E-state index >= 15 is 0 Å². The van der Waals surface area contributed by atoms with Gasteiger partial charge in [-0.3, -0.25) is 0 Å². The summed E-state index contributed by atoms with van der Waals surface area (Å²) in [5.41, 5.74) is 0. The molecule has 0 spiro atoms. The number of nitrogens with zero attached hydrogens (tertiary/aromatic N) is 3. The van der Waals surface area contributed by atoms with E-state index in [9.17, 15) is 0 Å². The lowest BCUT2D eigenvalue weighted by molar-refractivity contribution is 0.285. The fourth-order valence-electron chi connectivity index (χ4n) is 1.29. The standard InChI is InChI=1S/C10H14ClN3OS/c1-7(2)14(5-3-4-12)10-13-9(11)8(6-15)16-10/h7,15H,3,5-6H2,1-2H3. The number of aliphatic hydroxyl groups is 1. The maximum atomic E-state index is 9.04. The van der Waals surface area contributed by atoms with Gasteiger partial charge >= 0.3 is 0 Å². The van der Waals surface area contributed by atoms with Crippen LogP contribution in [0.2, 0.25) is 5.15 Å². The van der Waals surface area contributed by atoms with E-state index in [1.807, 2.05) is 18.7 Å². The number of aliphatic hydroxyl groups excluding tert-OH is 1. The summed E-state index contributed by atoms with van der Waals surface area (Å²) >= 11 is 7.25. The van der Waals surface area contributed by atoms with Crippen molar-refractivity contribution in [1.82, 2.24) is 4.98 Å². The first-order valence-corrected chi connectivity index (χ1v) is 6.19. The second-order valence-electron chi connectivity index (χ2n) is 3.56. The molecule has 1 aromatic heterocycles. The Labute approximate surface area is 104 Å². The topological polar surface area (TPSA) is 60.2 Å². The van der Waals surface area contributed by atoms with Crippen LogP contribution in [-0.2, 0) is 6.61 Å². The second kappa shape index (κ2) is 6.04. The summed E-state index contributed by atoms with van der Waals surface area (Å²) in [6.07, 6.45) is 0.448. The number of hydrogen-bond donors (Lipinski definition) is 1. The van der Waals surface area contributed by atoms with Crippen LogP contribution in [0.15, 0.2) is 0 Å². The van der Waals surface area contributed by atoms with E-state index in [0.29, 0.717) is 23.0 Å². The first-order chi connectivity index (χ1) is 7.60. The average Bonchev–Trinajstić information content (AvgIpc) is 2.59. The molecule has 0 atom stereocenters. The van der Waals surface area contributed by atoms with E-state index in [1.54, 1.807) is 0 Å². The lowest BCUT2D eigenvalue weighted by Crippen LogP contribution is -2.31. The minimum Gasteiger partial charge on any atom is -0.391 e. The Morgan fingerprint density at radius 1 is 1.62 bits per heavy atom. The molecule has 1 rings (SSSR count). The predicted octanol–water partition coefficient (Wildman–Crippen LogP) is 2.42. The van der Waals surface area contributed by atoms with Crippen LogP contribution < -0.4 is 4.90 Å². The van der Waals surface area contributed by atoms with Crippen molar-refractivity contribution in [3.05, 3.63) is 10.0 Å². The number of halogens is 1. The first-order valence-electron chi connectivity index (χ1n) is 4.99. The van der Waals surface area contributed by atoms with E-state index in [0.717, 1.165) is 5.13 Å². The highest BCUT2D eigenvalue weighted by molar-refractivity contribution is 7.16. The van der Waals surface area contributed by atoms with E-state index in [2.05, 4.69) is 11.1 Å². The first kappa shape index (κ1) is 13.2. The van der Waals surface area contributed by atoms with E-state index < -0.39 is 0 Å². The molecule has 4 nitrogen and oxygen atoms in total. The lowest BCUT2D eigenvalue weighted by Gasteiger charge is -2.24. The molecule has 1 heterocycles.